The van der Waals surface area contributed by atoms with E-state index in [2.05, 4.69) is 29.4 Å². The number of ether oxygens (including phenoxy) is 1. The largest absolute Gasteiger partial charge is 0.372 e. The summed E-state index contributed by atoms with van der Waals surface area (Å²) in [5.74, 6) is 0.907. The molecule has 0 bridgehead atoms. The van der Waals surface area contributed by atoms with Crippen LogP contribution in [-0.2, 0) is 42.3 Å². The van der Waals surface area contributed by atoms with Gasteiger partial charge in [-0.1, -0.05) is 73.7 Å². The summed E-state index contributed by atoms with van der Waals surface area (Å²) in [6.07, 6.45) is 0.787. The third-order valence-electron chi connectivity index (χ3n) is 5.24. The molecule has 5 nitrogen and oxygen atoms in total. The van der Waals surface area contributed by atoms with E-state index in [0.29, 0.717) is 19.8 Å². The molecule has 1 aromatic heterocycles. The number of nitrogens with zero attached hydrogens (tertiary/aromatic N) is 2. The Balaban J connectivity index is 1.28. The Morgan fingerprint density at radius 3 is 2.26 bits per heavy atom. The molecule has 4 aromatic rings. The second-order valence-corrected chi connectivity index (χ2v) is 7.53. The predicted molar refractivity (Wildman–Crippen MR) is 122 cm³/mol. The fourth-order valence-corrected chi connectivity index (χ4v) is 3.59. The molecular weight excluding hydrogens is 386 g/mol. The lowest BCUT2D eigenvalue weighted by molar-refractivity contribution is -0.121. The van der Waals surface area contributed by atoms with Crippen LogP contribution in [0.2, 0.25) is 0 Å². The van der Waals surface area contributed by atoms with Gasteiger partial charge in [-0.25, -0.2) is 4.98 Å². The first-order chi connectivity index (χ1) is 15.2. The van der Waals surface area contributed by atoms with Crippen molar-refractivity contribution in [2.24, 2.45) is 0 Å². The number of fused-ring (bicyclic) bond motifs is 1. The van der Waals surface area contributed by atoms with Gasteiger partial charge in [0.2, 0.25) is 5.91 Å². The maximum absolute atomic E-state index is 12.6. The molecule has 0 radical (unpaired) electrons. The maximum atomic E-state index is 12.6. The standard InChI is InChI=1S/C26H27N3O2/c1-2-25-28-23-10-6-7-11-24(23)29(25)17-26(30)27-16-20-12-14-22(15-13-20)19-31-18-21-8-4-3-5-9-21/h3-15H,2,16-19H2,1H3,(H,27,30). The van der Waals surface area contributed by atoms with Crippen molar-refractivity contribution in [3.8, 4) is 0 Å². The molecule has 0 spiro atoms. The van der Waals surface area contributed by atoms with Gasteiger partial charge in [-0.05, 0) is 28.8 Å². The topological polar surface area (TPSA) is 56.2 Å². The zero-order chi connectivity index (χ0) is 21.5. The summed E-state index contributed by atoms with van der Waals surface area (Å²) < 4.78 is 7.78. The van der Waals surface area contributed by atoms with E-state index in [1.807, 2.05) is 71.3 Å². The van der Waals surface area contributed by atoms with Crippen LogP contribution in [0.5, 0.6) is 0 Å². The van der Waals surface area contributed by atoms with Crippen LogP contribution in [0.4, 0.5) is 0 Å². The number of aromatic nitrogens is 2. The van der Waals surface area contributed by atoms with Crippen molar-refractivity contribution in [3.05, 3.63) is 101 Å². The van der Waals surface area contributed by atoms with Crippen LogP contribution in [0, 0.1) is 0 Å². The Labute approximate surface area is 182 Å². The highest BCUT2D eigenvalue weighted by Crippen LogP contribution is 2.16. The molecule has 0 atom stereocenters. The molecule has 0 aliphatic carbocycles. The molecule has 0 unspecified atom stereocenters. The second kappa shape index (κ2) is 10.0. The van der Waals surface area contributed by atoms with E-state index in [0.717, 1.165) is 34.4 Å². The number of benzene rings is 3. The van der Waals surface area contributed by atoms with E-state index in [1.54, 1.807) is 0 Å². The average Bonchev–Trinajstić information content (AvgIpc) is 3.17. The van der Waals surface area contributed by atoms with E-state index in [-0.39, 0.29) is 12.5 Å². The van der Waals surface area contributed by atoms with Crippen molar-refractivity contribution in [1.82, 2.24) is 14.9 Å². The molecule has 31 heavy (non-hydrogen) atoms. The van der Waals surface area contributed by atoms with Crippen LogP contribution < -0.4 is 5.32 Å². The normalized spacial score (nSPS) is 11.0. The third kappa shape index (κ3) is 5.38. The minimum Gasteiger partial charge on any atom is -0.372 e. The SMILES string of the molecule is CCc1nc2ccccc2n1CC(=O)NCc1ccc(COCc2ccccc2)cc1. The number of nitrogens with one attached hydrogen (secondary N) is 1. The number of aryl methyl sites for hydroxylation is 1. The Bertz CT molecular complexity index is 1130. The van der Waals surface area contributed by atoms with Gasteiger partial charge in [0.25, 0.3) is 0 Å². The van der Waals surface area contributed by atoms with Gasteiger partial charge >= 0.3 is 0 Å². The number of carbonyl (C=O) groups excluding carboxylic acids is 1. The van der Waals surface area contributed by atoms with Gasteiger partial charge in [0, 0.05) is 13.0 Å². The summed E-state index contributed by atoms with van der Waals surface area (Å²) in [7, 11) is 0. The smallest absolute Gasteiger partial charge is 0.240 e. The monoisotopic (exact) mass is 413 g/mol. The maximum Gasteiger partial charge on any atom is 0.240 e. The Morgan fingerprint density at radius 1 is 0.871 bits per heavy atom. The van der Waals surface area contributed by atoms with Gasteiger partial charge in [-0.15, -0.1) is 0 Å². The van der Waals surface area contributed by atoms with Gasteiger partial charge in [0.1, 0.15) is 12.4 Å². The highest BCUT2D eigenvalue weighted by molar-refractivity contribution is 5.81. The highest BCUT2D eigenvalue weighted by Gasteiger charge is 2.12. The molecule has 0 aliphatic heterocycles. The predicted octanol–water partition coefficient (Wildman–Crippen LogP) is 4.63. The number of para-hydroxylation sites is 2. The number of imidazole rings is 1. The number of hydrogen-bond acceptors (Lipinski definition) is 3. The molecule has 0 saturated carbocycles. The Morgan fingerprint density at radius 2 is 1.52 bits per heavy atom. The zero-order valence-electron chi connectivity index (χ0n) is 17.8. The van der Waals surface area contributed by atoms with E-state index in [4.69, 9.17) is 4.74 Å². The number of rotatable bonds is 9. The van der Waals surface area contributed by atoms with E-state index in [9.17, 15) is 4.79 Å². The van der Waals surface area contributed by atoms with Crippen molar-refractivity contribution in [1.29, 1.82) is 0 Å². The lowest BCUT2D eigenvalue weighted by Gasteiger charge is -2.10. The van der Waals surface area contributed by atoms with Crippen molar-refractivity contribution < 1.29 is 9.53 Å². The lowest BCUT2D eigenvalue weighted by Crippen LogP contribution is -2.27. The lowest BCUT2D eigenvalue weighted by atomic mass is 10.1. The van der Waals surface area contributed by atoms with Gasteiger partial charge in [-0.2, -0.15) is 0 Å². The average molecular weight is 414 g/mol. The van der Waals surface area contributed by atoms with Crippen molar-refractivity contribution in [3.63, 3.8) is 0 Å². The molecule has 158 valence electrons. The van der Waals surface area contributed by atoms with E-state index in [1.165, 1.54) is 5.56 Å². The summed E-state index contributed by atoms with van der Waals surface area (Å²) in [4.78, 5) is 17.2. The summed E-state index contributed by atoms with van der Waals surface area (Å²) in [5.41, 5.74) is 5.26. The number of amides is 1. The second-order valence-electron chi connectivity index (χ2n) is 7.53. The molecule has 3 aromatic carbocycles. The van der Waals surface area contributed by atoms with Crippen LogP contribution in [0.25, 0.3) is 11.0 Å². The van der Waals surface area contributed by atoms with Crippen LogP contribution in [0.15, 0.2) is 78.9 Å². The van der Waals surface area contributed by atoms with Gasteiger partial charge < -0.3 is 14.6 Å². The summed E-state index contributed by atoms with van der Waals surface area (Å²) in [6.45, 7) is 3.99. The fourth-order valence-electron chi connectivity index (χ4n) is 3.59. The molecular formula is C26H27N3O2. The van der Waals surface area contributed by atoms with Crippen LogP contribution >= 0.6 is 0 Å². The van der Waals surface area contributed by atoms with Crippen LogP contribution in [0.3, 0.4) is 0 Å². The first-order valence-corrected chi connectivity index (χ1v) is 10.6. The molecule has 4 rings (SSSR count). The number of carbonyl (C=O) groups is 1. The molecule has 1 N–H and O–H groups in total. The minimum absolute atomic E-state index is 0.0203. The molecule has 5 heteroatoms. The summed E-state index contributed by atoms with van der Waals surface area (Å²) in [6, 6.07) is 26.2. The molecule has 0 saturated heterocycles. The first kappa shape index (κ1) is 20.8. The van der Waals surface area contributed by atoms with Crippen LogP contribution in [-0.4, -0.2) is 15.5 Å². The molecule has 1 amide bonds. The Kier molecular flexibility index (Phi) is 6.75. The summed E-state index contributed by atoms with van der Waals surface area (Å²) >= 11 is 0. The first-order valence-electron chi connectivity index (χ1n) is 10.6. The van der Waals surface area contributed by atoms with E-state index < -0.39 is 0 Å². The number of hydrogen-bond donors (Lipinski definition) is 1. The summed E-state index contributed by atoms with van der Waals surface area (Å²) in [5, 5.41) is 3.02. The molecule has 0 fully saturated rings. The zero-order valence-corrected chi connectivity index (χ0v) is 17.8. The highest BCUT2D eigenvalue weighted by atomic mass is 16.5. The third-order valence-corrected chi connectivity index (χ3v) is 5.24. The van der Waals surface area contributed by atoms with Crippen molar-refractivity contribution in [2.75, 3.05) is 0 Å². The van der Waals surface area contributed by atoms with Gasteiger partial charge in [0.05, 0.1) is 24.2 Å². The van der Waals surface area contributed by atoms with Crippen molar-refractivity contribution >= 4 is 16.9 Å². The Hall–Kier alpha value is -3.44. The fraction of sp³-hybridized carbons (Fsp3) is 0.231. The molecule has 1 heterocycles. The van der Waals surface area contributed by atoms with Gasteiger partial charge in [-0.3, -0.25) is 4.79 Å². The van der Waals surface area contributed by atoms with Crippen LogP contribution in [0.1, 0.15) is 29.4 Å². The quantitative estimate of drug-likeness (QED) is 0.435. The van der Waals surface area contributed by atoms with E-state index >= 15 is 0 Å². The molecule has 0 aliphatic rings. The van der Waals surface area contributed by atoms with Crippen molar-refractivity contribution in [2.45, 2.75) is 39.6 Å². The van der Waals surface area contributed by atoms with Gasteiger partial charge in [0.15, 0.2) is 0 Å². The minimum atomic E-state index is -0.0203.